The van der Waals surface area contributed by atoms with Crippen LogP contribution in [0.2, 0.25) is 0 Å². The summed E-state index contributed by atoms with van der Waals surface area (Å²) in [4.78, 5) is 15.1. The zero-order chi connectivity index (χ0) is 24.9. The Bertz CT molecular complexity index is 1360. The molecule has 12 nitrogen and oxygen atoms in total. The highest BCUT2D eigenvalue weighted by molar-refractivity contribution is 5.99. The number of hydrazone groups is 1. The van der Waals surface area contributed by atoms with Gasteiger partial charge in [-0.3, -0.25) is 4.79 Å². The largest absolute Gasteiger partial charge is 0.507 e. The van der Waals surface area contributed by atoms with Crippen LogP contribution >= 0.6 is 0 Å². The Balaban J connectivity index is 1.60. The van der Waals surface area contributed by atoms with E-state index in [1.807, 2.05) is 51.1 Å². The Labute approximate surface area is 201 Å². The molecular weight excluding hydrogens is 450 g/mol. The summed E-state index contributed by atoms with van der Waals surface area (Å²) < 4.78 is 5.96. The fourth-order valence-electron chi connectivity index (χ4n) is 3.53. The van der Waals surface area contributed by atoms with Crippen molar-refractivity contribution < 1.29 is 14.5 Å². The zero-order valence-electron chi connectivity index (χ0n) is 19.5. The molecule has 4 aromatic rings. The summed E-state index contributed by atoms with van der Waals surface area (Å²) in [5, 5.41) is 29.7. The minimum Gasteiger partial charge on any atom is -0.507 e. The summed E-state index contributed by atoms with van der Waals surface area (Å²) in [5.41, 5.74) is 11.6. The quantitative estimate of drug-likeness (QED) is 0.257. The average Bonchev–Trinajstić information content (AvgIpc) is 3.47. The highest BCUT2D eigenvalue weighted by Gasteiger charge is 2.25. The fraction of sp³-hybridized carbons (Fsp3) is 0.217. The Morgan fingerprint density at radius 3 is 2.57 bits per heavy atom. The molecule has 0 aliphatic heterocycles. The van der Waals surface area contributed by atoms with Gasteiger partial charge in [0.25, 0.3) is 5.91 Å². The van der Waals surface area contributed by atoms with Crippen molar-refractivity contribution in [3.8, 4) is 22.8 Å². The third-order valence-electron chi connectivity index (χ3n) is 5.42. The summed E-state index contributed by atoms with van der Waals surface area (Å²) in [6.45, 7) is 7.67. The molecule has 0 saturated heterocycles. The number of phenols is 1. The predicted molar refractivity (Wildman–Crippen MR) is 131 cm³/mol. The molecule has 2 heterocycles. The summed E-state index contributed by atoms with van der Waals surface area (Å²) >= 11 is 0. The van der Waals surface area contributed by atoms with Gasteiger partial charge < -0.3 is 15.7 Å². The molecule has 0 spiro atoms. The monoisotopic (exact) mass is 475 g/mol. The lowest BCUT2D eigenvalue weighted by Gasteiger charge is -2.21. The first-order valence-electron chi connectivity index (χ1n) is 10.9. The summed E-state index contributed by atoms with van der Waals surface area (Å²) in [7, 11) is 0. The van der Waals surface area contributed by atoms with Crippen LogP contribution in [0, 0.1) is 6.92 Å². The number of phenolic OH excluding ortho intramolecular Hbond substituents is 1. The van der Waals surface area contributed by atoms with Gasteiger partial charge in [-0.15, -0.1) is 5.10 Å². The van der Waals surface area contributed by atoms with E-state index in [0.29, 0.717) is 16.8 Å². The maximum atomic E-state index is 13.0. The highest BCUT2D eigenvalue weighted by atomic mass is 16.6. The van der Waals surface area contributed by atoms with Crippen LogP contribution < -0.4 is 16.1 Å². The van der Waals surface area contributed by atoms with Crippen molar-refractivity contribution in [3.63, 3.8) is 0 Å². The molecular formula is C23H25N9O3. The summed E-state index contributed by atoms with van der Waals surface area (Å²) in [6.07, 6.45) is 1.36. The number of anilines is 2. The van der Waals surface area contributed by atoms with E-state index in [9.17, 15) is 9.90 Å². The molecule has 0 bridgehead atoms. The van der Waals surface area contributed by atoms with Gasteiger partial charge in [0.15, 0.2) is 5.69 Å². The van der Waals surface area contributed by atoms with Gasteiger partial charge in [0.2, 0.25) is 11.6 Å². The minimum absolute atomic E-state index is 0.00289. The molecule has 0 radical (unpaired) electrons. The number of hydrogen-bond acceptors (Lipinski definition) is 10. The summed E-state index contributed by atoms with van der Waals surface area (Å²) in [5.74, 6) is -0.462. The molecule has 0 unspecified atom stereocenters. The molecule has 1 amide bonds. The second-order valence-corrected chi connectivity index (χ2v) is 7.65. The number of rotatable bonds is 8. The van der Waals surface area contributed by atoms with Crippen LogP contribution in [0.15, 0.2) is 52.2 Å². The van der Waals surface area contributed by atoms with E-state index in [1.165, 1.54) is 10.9 Å². The van der Waals surface area contributed by atoms with Gasteiger partial charge in [0, 0.05) is 36.0 Å². The fourth-order valence-corrected chi connectivity index (χ4v) is 3.53. The summed E-state index contributed by atoms with van der Waals surface area (Å²) in [6, 6.07) is 12.7. The number of nitrogens with two attached hydrogens (primary N) is 1. The molecule has 4 rings (SSSR count). The Morgan fingerprint density at radius 2 is 1.94 bits per heavy atom. The lowest BCUT2D eigenvalue weighted by molar-refractivity contribution is 0.0950. The Hall–Kier alpha value is -4.74. The van der Waals surface area contributed by atoms with Crippen molar-refractivity contribution in [2.24, 2.45) is 5.10 Å². The molecule has 0 saturated carbocycles. The van der Waals surface area contributed by atoms with Crippen molar-refractivity contribution >= 4 is 23.6 Å². The molecule has 180 valence electrons. The van der Waals surface area contributed by atoms with Crippen molar-refractivity contribution in [1.82, 2.24) is 30.7 Å². The number of nitrogens with zero attached hydrogens (tertiary/aromatic N) is 7. The molecule has 0 aliphatic rings. The van der Waals surface area contributed by atoms with E-state index < -0.39 is 5.91 Å². The predicted octanol–water partition coefficient (Wildman–Crippen LogP) is 2.52. The minimum atomic E-state index is -0.614. The number of carbonyl (C=O) groups is 1. The van der Waals surface area contributed by atoms with Crippen LogP contribution in [0.4, 0.5) is 11.5 Å². The van der Waals surface area contributed by atoms with Crippen LogP contribution in [0.3, 0.4) is 0 Å². The number of aromatic nitrogens is 5. The lowest BCUT2D eigenvalue weighted by atomic mass is 10.1. The lowest BCUT2D eigenvalue weighted by Crippen LogP contribution is -2.21. The zero-order valence-corrected chi connectivity index (χ0v) is 19.5. The van der Waals surface area contributed by atoms with Gasteiger partial charge in [-0.05, 0) is 43.2 Å². The number of carbonyl (C=O) groups excluding carboxylic acids is 1. The number of nitrogens with one attached hydrogen (secondary N) is 1. The SMILES string of the molecule is CCN(CC)c1ccc(/C=N\NC(=O)c2nnn(-c3nonc3N)c2-c2ccc(C)cc2)c(O)c1. The van der Waals surface area contributed by atoms with Crippen LogP contribution in [-0.2, 0) is 0 Å². The van der Waals surface area contributed by atoms with Gasteiger partial charge in [-0.2, -0.15) is 9.78 Å². The second kappa shape index (κ2) is 10.0. The van der Waals surface area contributed by atoms with Crippen LogP contribution in [0.1, 0.15) is 35.5 Å². The Morgan fingerprint density at radius 1 is 1.20 bits per heavy atom. The molecule has 4 N–H and O–H groups in total. The van der Waals surface area contributed by atoms with E-state index in [0.717, 1.165) is 24.3 Å². The highest BCUT2D eigenvalue weighted by Crippen LogP contribution is 2.27. The smallest absolute Gasteiger partial charge is 0.294 e. The molecule has 2 aromatic heterocycles. The van der Waals surface area contributed by atoms with Crippen LogP contribution in [-0.4, -0.2) is 55.6 Å². The van der Waals surface area contributed by atoms with Crippen molar-refractivity contribution in [2.75, 3.05) is 23.7 Å². The maximum absolute atomic E-state index is 13.0. The van der Waals surface area contributed by atoms with E-state index in [2.05, 4.69) is 40.7 Å². The van der Waals surface area contributed by atoms with E-state index in [1.54, 1.807) is 12.1 Å². The molecule has 0 aliphatic carbocycles. The number of amides is 1. The van der Waals surface area contributed by atoms with E-state index in [4.69, 9.17) is 5.73 Å². The van der Waals surface area contributed by atoms with Gasteiger partial charge in [-0.1, -0.05) is 35.0 Å². The van der Waals surface area contributed by atoms with Crippen LogP contribution in [0.25, 0.3) is 17.1 Å². The molecule has 12 heteroatoms. The van der Waals surface area contributed by atoms with Crippen molar-refractivity contribution in [2.45, 2.75) is 20.8 Å². The van der Waals surface area contributed by atoms with Crippen molar-refractivity contribution in [1.29, 1.82) is 0 Å². The Kier molecular flexibility index (Phi) is 6.71. The number of aromatic hydroxyl groups is 1. The van der Waals surface area contributed by atoms with Gasteiger partial charge in [-0.25, -0.2) is 10.1 Å². The number of hydrogen-bond donors (Lipinski definition) is 3. The topological polar surface area (TPSA) is 161 Å². The van der Waals surface area contributed by atoms with E-state index >= 15 is 0 Å². The molecule has 0 atom stereocenters. The first-order valence-corrected chi connectivity index (χ1v) is 10.9. The second-order valence-electron chi connectivity index (χ2n) is 7.65. The van der Waals surface area contributed by atoms with Crippen LogP contribution in [0.5, 0.6) is 5.75 Å². The average molecular weight is 476 g/mol. The normalized spacial score (nSPS) is 11.2. The third kappa shape index (κ3) is 4.81. The number of benzene rings is 2. The van der Waals surface area contributed by atoms with Crippen molar-refractivity contribution in [3.05, 3.63) is 59.3 Å². The number of aryl methyl sites for hydroxylation is 1. The maximum Gasteiger partial charge on any atom is 0.294 e. The first kappa shape index (κ1) is 23.4. The van der Waals surface area contributed by atoms with Gasteiger partial charge >= 0.3 is 0 Å². The van der Waals surface area contributed by atoms with Gasteiger partial charge in [0.05, 0.1) is 6.21 Å². The standard InChI is InChI=1S/C23H25N9O3/c1-4-31(5-2)17-11-10-16(18(33)12-17)13-25-27-23(34)19-20(15-8-6-14(3)7-9-15)32(30-26-19)22-21(24)28-35-29-22/h6-13,33H,4-5H2,1-3H3,(H2,24,28)(H,27,34)/b25-13-. The van der Waals surface area contributed by atoms with Gasteiger partial charge in [0.1, 0.15) is 11.4 Å². The first-order chi connectivity index (χ1) is 16.9. The molecule has 35 heavy (non-hydrogen) atoms. The third-order valence-corrected chi connectivity index (χ3v) is 5.42. The molecule has 2 aromatic carbocycles. The number of nitrogen functional groups attached to an aromatic ring is 1. The molecule has 0 fully saturated rings. The van der Waals surface area contributed by atoms with E-state index in [-0.39, 0.29) is 23.1 Å².